The van der Waals surface area contributed by atoms with E-state index in [1.165, 1.54) is 0 Å². The zero-order chi connectivity index (χ0) is 25.4. The molecule has 3 rings (SSSR count). The second-order valence-corrected chi connectivity index (χ2v) is 10.3. The molecule has 1 aliphatic rings. The second-order valence-electron chi connectivity index (χ2n) is 8.10. The number of benzene rings is 1. The lowest BCUT2D eigenvalue weighted by atomic mass is 9.84. The van der Waals surface area contributed by atoms with Crippen LogP contribution in [0.5, 0.6) is 0 Å². The van der Waals surface area contributed by atoms with Gasteiger partial charge in [-0.2, -0.15) is 26.3 Å². The third-order valence-corrected chi connectivity index (χ3v) is 7.95. The molecular formula is C21H20F6N2O4S. The van der Waals surface area contributed by atoms with Crippen LogP contribution in [0.25, 0.3) is 0 Å². The van der Waals surface area contributed by atoms with Gasteiger partial charge in [0.1, 0.15) is 5.69 Å². The van der Waals surface area contributed by atoms with Crippen LogP contribution >= 0.6 is 0 Å². The Morgan fingerprint density at radius 3 is 2.21 bits per heavy atom. The molecule has 0 spiro atoms. The topological polar surface area (TPSA) is 96.4 Å². The number of nitrogens with one attached hydrogen (secondary N) is 1. The highest BCUT2D eigenvalue weighted by Crippen LogP contribution is 2.36. The fraction of sp³-hybridized carbons (Fsp3) is 0.429. The van der Waals surface area contributed by atoms with Gasteiger partial charge in [0.2, 0.25) is 0 Å². The number of aliphatic hydroxyl groups is 1. The van der Waals surface area contributed by atoms with E-state index < -0.39 is 60.7 Å². The molecule has 0 bridgehead atoms. The van der Waals surface area contributed by atoms with Gasteiger partial charge in [-0.3, -0.25) is 9.78 Å². The Labute approximate surface area is 190 Å². The van der Waals surface area contributed by atoms with Crippen molar-refractivity contribution in [2.24, 2.45) is 0 Å². The maximum absolute atomic E-state index is 12.9. The van der Waals surface area contributed by atoms with Gasteiger partial charge in [0.15, 0.2) is 9.84 Å². The molecule has 1 aliphatic carbocycles. The summed E-state index contributed by atoms with van der Waals surface area (Å²) in [5.74, 6) is -0.946. The SMILES string of the molecule is O=C(NCC1(O)CCC(S(=O)(=O)c2cccc(C(F)(F)F)c2)CC1)c1cc(C(F)(F)F)ccn1. The highest BCUT2D eigenvalue weighted by Gasteiger charge is 2.40. The van der Waals surface area contributed by atoms with E-state index >= 15 is 0 Å². The van der Waals surface area contributed by atoms with Crippen LogP contribution in [0.2, 0.25) is 0 Å². The molecule has 1 fully saturated rings. The van der Waals surface area contributed by atoms with Gasteiger partial charge in [-0.25, -0.2) is 8.42 Å². The molecule has 1 saturated carbocycles. The van der Waals surface area contributed by atoms with Gasteiger partial charge in [0, 0.05) is 12.7 Å². The van der Waals surface area contributed by atoms with E-state index in [2.05, 4.69) is 10.3 Å². The monoisotopic (exact) mass is 510 g/mol. The maximum Gasteiger partial charge on any atom is 0.416 e. The zero-order valence-electron chi connectivity index (χ0n) is 17.4. The molecule has 0 atom stereocenters. The van der Waals surface area contributed by atoms with Gasteiger partial charge in [-0.1, -0.05) is 6.07 Å². The summed E-state index contributed by atoms with van der Waals surface area (Å²) in [6, 6.07) is 4.69. The van der Waals surface area contributed by atoms with Crippen molar-refractivity contribution in [1.82, 2.24) is 10.3 Å². The van der Waals surface area contributed by atoms with Crippen molar-refractivity contribution >= 4 is 15.7 Å². The summed E-state index contributed by atoms with van der Waals surface area (Å²) in [4.78, 5) is 15.3. The predicted molar refractivity (Wildman–Crippen MR) is 107 cm³/mol. The number of nitrogens with zero attached hydrogens (tertiary/aromatic N) is 1. The number of carbonyl (C=O) groups is 1. The Morgan fingerprint density at radius 2 is 1.62 bits per heavy atom. The van der Waals surface area contributed by atoms with Gasteiger partial charge in [-0.05, 0) is 56.0 Å². The molecule has 34 heavy (non-hydrogen) atoms. The highest BCUT2D eigenvalue weighted by atomic mass is 32.2. The molecular weight excluding hydrogens is 490 g/mol. The number of amides is 1. The van der Waals surface area contributed by atoms with E-state index in [1.807, 2.05) is 0 Å². The van der Waals surface area contributed by atoms with Crippen LogP contribution in [-0.4, -0.2) is 41.8 Å². The minimum absolute atomic E-state index is 0.0766. The first-order valence-electron chi connectivity index (χ1n) is 10.1. The summed E-state index contributed by atoms with van der Waals surface area (Å²) in [6.07, 6.45) is -8.88. The van der Waals surface area contributed by atoms with E-state index in [0.29, 0.717) is 18.2 Å². The molecule has 1 aromatic heterocycles. The third-order valence-electron chi connectivity index (χ3n) is 5.69. The van der Waals surface area contributed by atoms with Gasteiger partial charge in [-0.15, -0.1) is 0 Å². The van der Waals surface area contributed by atoms with E-state index in [4.69, 9.17) is 0 Å². The van der Waals surface area contributed by atoms with Crippen LogP contribution in [-0.2, 0) is 22.2 Å². The molecule has 2 N–H and O–H groups in total. The van der Waals surface area contributed by atoms with Crippen LogP contribution in [0.1, 0.15) is 47.3 Å². The average Bonchev–Trinajstić information content (AvgIpc) is 2.77. The van der Waals surface area contributed by atoms with Crippen molar-refractivity contribution in [3.05, 3.63) is 59.4 Å². The van der Waals surface area contributed by atoms with Gasteiger partial charge in [0.25, 0.3) is 5.91 Å². The molecule has 0 aliphatic heterocycles. The fourth-order valence-electron chi connectivity index (χ4n) is 3.72. The lowest BCUT2D eigenvalue weighted by Crippen LogP contribution is -2.47. The summed E-state index contributed by atoms with van der Waals surface area (Å²) in [7, 11) is -4.10. The van der Waals surface area contributed by atoms with Crippen molar-refractivity contribution in [3.8, 4) is 0 Å². The van der Waals surface area contributed by atoms with Crippen LogP contribution in [0.3, 0.4) is 0 Å². The van der Waals surface area contributed by atoms with Gasteiger partial charge in [0.05, 0.1) is 26.9 Å². The Kier molecular flexibility index (Phi) is 7.00. The minimum Gasteiger partial charge on any atom is -0.388 e. The van der Waals surface area contributed by atoms with Crippen molar-refractivity contribution < 1.29 is 44.7 Å². The number of aromatic nitrogens is 1. The van der Waals surface area contributed by atoms with Crippen LogP contribution in [0, 0.1) is 0 Å². The summed E-state index contributed by atoms with van der Waals surface area (Å²) < 4.78 is 103. The highest BCUT2D eigenvalue weighted by molar-refractivity contribution is 7.92. The van der Waals surface area contributed by atoms with E-state index in [9.17, 15) is 44.7 Å². The van der Waals surface area contributed by atoms with Crippen molar-refractivity contribution in [2.45, 2.75) is 53.8 Å². The molecule has 1 heterocycles. The zero-order valence-corrected chi connectivity index (χ0v) is 18.3. The smallest absolute Gasteiger partial charge is 0.388 e. The normalized spacial score (nSPS) is 21.8. The number of pyridine rings is 1. The minimum atomic E-state index is -4.70. The lowest BCUT2D eigenvalue weighted by Gasteiger charge is -2.35. The van der Waals surface area contributed by atoms with E-state index in [1.54, 1.807) is 0 Å². The molecule has 2 aromatic rings. The van der Waals surface area contributed by atoms with Crippen LogP contribution in [0.15, 0.2) is 47.5 Å². The van der Waals surface area contributed by atoms with Crippen molar-refractivity contribution in [3.63, 3.8) is 0 Å². The number of carbonyl (C=O) groups excluding carboxylic acids is 1. The number of rotatable bonds is 5. The van der Waals surface area contributed by atoms with Crippen LogP contribution < -0.4 is 5.32 Å². The number of alkyl halides is 6. The molecule has 13 heteroatoms. The van der Waals surface area contributed by atoms with Crippen LogP contribution in [0.4, 0.5) is 26.3 Å². The predicted octanol–water partition coefficient (Wildman–Crippen LogP) is 4.00. The second kappa shape index (κ2) is 9.17. The standard InChI is InChI=1S/C21H20F6N2O4S/c22-20(23,24)13-2-1-3-16(10-13)34(32,33)15-4-7-19(31,8-5-15)12-29-18(30)17-11-14(6-9-28-17)21(25,26)27/h1-3,6,9-11,15,31H,4-5,7-8,12H2,(H,29,30). The summed E-state index contributed by atoms with van der Waals surface area (Å²) >= 11 is 0. The molecule has 0 radical (unpaired) electrons. The number of hydrogen-bond donors (Lipinski definition) is 2. The molecule has 0 saturated heterocycles. The summed E-state index contributed by atoms with van der Waals surface area (Å²) in [6.45, 7) is -0.361. The average molecular weight is 510 g/mol. The molecule has 6 nitrogen and oxygen atoms in total. The molecule has 1 amide bonds. The maximum atomic E-state index is 12.9. The van der Waals surface area contributed by atoms with E-state index in [-0.39, 0.29) is 32.2 Å². The summed E-state index contributed by atoms with van der Waals surface area (Å²) in [5, 5.41) is 12.0. The van der Waals surface area contributed by atoms with Gasteiger partial charge >= 0.3 is 12.4 Å². The van der Waals surface area contributed by atoms with E-state index in [0.717, 1.165) is 24.4 Å². The largest absolute Gasteiger partial charge is 0.416 e. The quantitative estimate of drug-likeness (QED) is 0.593. The molecule has 1 aromatic carbocycles. The van der Waals surface area contributed by atoms with Crippen molar-refractivity contribution in [2.75, 3.05) is 6.54 Å². The van der Waals surface area contributed by atoms with Crippen molar-refractivity contribution in [1.29, 1.82) is 0 Å². The lowest BCUT2D eigenvalue weighted by molar-refractivity contribution is -0.138. The third kappa shape index (κ3) is 5.87. The first kappa shape index (κ1) is 25.9. The molecule has 0 unspecified atom stereocenters. The van der Waals surface area contributed by atoms with Gasteiger partial charge < -0.3 is 10.4 Å². The fourth-order valence-corrected chi connectivity index (χ4v) is 5.52. The Hall–Kier alpha value is -2.67. The Bertz CT molecular complexity index is 1160. The molecule has 186 valence electrons. The Balaban J connectivity index is 1.63. The Morgan fingerprint density at radius 1 is 1.03 bits per heavy atom. The first-order valence-corrected chi connectivity index (χ1v) is 11.6. The number of hydrogen-bond acceptors (Lipinski definition) is 5. The number of sulfone groups is 1. The number of halogens is 6. The summed E-state index contributed by atoms with van der Waals surface area (Å²) in [5.41, 5.74) is -4.19. The first-order chi connectivity index (χ1) is 15.6.